The normalized spacial score (nSPS) is 17.9. The summed E-state index contributed by atoms with van der Waals surface area (Å²) in [6.07, 6.45) is 0.932. The highest BCUT2D eigenvalue weighted by Gasteiger charge is 2.16. The van der Waals surface area contributed by atoms with Crippen LogP contribution < -0.4 is 10.6 Å². The van der Waals surface area contributed by atoms with Crippen molar-refractivity contribution in [1.29, 1.82) is 0 Å². The molecule has 0 spiro atoms. The van der Waals surface area contributed by atoms with Gasteiger partial charge in [0, 0.05) is 17.5 Å². The minimum Gasteiger partial charge on any atom is -0.351 e. The molecule has 7 heteroatoms. The van der Waals surface area contributed by atoms with Crippen LogP contribution in [0.1, 0.15) is 6.42 Å². The van der Waals surface area contributed by atoms with Gasteiger partial charge in [0.15, 0.2) is 11.6 Å². The van der Waals surface area contributed by atoms with Gasteiger partial charge in [0.25, 0.3) is 0 Å². The summed E-state index contributed by atoms with van der Waals surface area (Å²) in [6.45, 7) is 1.71. The number of hydrogen-bond acceptors (Lipinski definition) is 3. The number of carbonyl (C=O) groups is 1. The summed E-state index contributed by atoms with van der Waals surface area (Å²) in [6, 6.07) is 3.82. The van der Waals surface area contributed by atoms with Crippen molar-refractivity contribution >= 4 is 30.1 Å². The predicted molar refractivity (Wildman–Crippen MR) is 73.7 cm³/mol. The highest BCUT2D eigenvalue weighted by molar-refractivity contribution is 8.00. The molecule has 1 aromatic rings. The van der Waals surface area contributed by atoms with Crippen molar-refractivity contribution in [1.82, 2.24) is 10.6 Å². The molecular formula is C12H15ClF2N2OS. The second-order valence-electron chi connectivity index (χ2n) is 4.12. The molecule has 2 N–H and O–H groups in total. The van der Waals surface area contributed by atoms with E-state index in [1.165, 1.54) is 17.8 Å². The summed E-state index contributed by atoms with van der Waals surface area (Å²) in [5, 5.41) is 6.04. The van der Waals surface area contributed by atoms with Crippen LogP contribution in [0.25, 0.3) is 0 Å². The van der Waals surface area contributed by atoms with E-state index < -0.39 is 11.6 Å². The van der Waals surface area contributed by atoms with E-state index in [-0.39, 0.29) is 30.1 Å². The lowest BCUT2D eigenvalue weighted by Crippen LogP contribution is -2.37. The second-order valence-corrected chi connectivity index (χ2v) is 5.17. The van der Waals surface area contributed by atoms with Crippen LogP contribution in [0, 0.1) is 11.6 Å². The van der Waals surface area contributed by atoms with E-state index in [2.05, 4.69) is 10.6 Å². The molecule has 1 atom stereocenters. The van der Waals surface area contributed by atoms with Gasteiger partial charge < -0.3 is 10.6 Å². The highest BCUT2D eigenvalue weighted by atomic mass is 35.5. The molecule has 1 aliphatic heterocycles. The first-order chi connectivity index (χ1) is 8.65. The Morgan fingerprint density at radius 2 is 2.21 bits per heavy atom. The fraction of sp³-hybridized carbons (Fsp3) is 0.417. The van der Waals surface area contributed by atoms with Crippen LogP contribution in [0.2, 0.25) is 0 Å². The molecule has 0 aromatic heterocycles. The molecule has 19 heavy (non-hydrogen) atoms. The van der Waals surface area contributed by atoms with Gasteiger partial charge in [0.1, 0.15) is 0 Å². The molecule has 1 aromatic carbocycles. The first-order valence-electron chi connectivity index (χ1n) is 5.73. The van der Waals surface area contributed by atoms with Gasteiger partial charge in [0.2, 0.25) is 5.91 Å². The highest BCUT2D eigenvalue weighted by Crippen LogP contribution is 2.20. The molecule has 0 radical (unpaired) electrons. The Labute approximate surface area is 120 Å². The minimum atomic E-state index is -0.889. The van der Waals surface area contributed by atoms with Crippen LogP contribution in [0.15, 0.2) is 23.1 Å². The first-order valence-corrected chi connectivity index (χ1v) is 6.71. The number of benzene rings is 1. The molecule has 1 heterocycles. The molecule has 3 nitrogen and oxygen atoms in total. The summed E-state index contributed by atoms with van der Waals surface area (Å²) < 4.78 is 25.6. The lowest BCUT2D eigenvalue weighted by atomic mass is 10.3. The monoisotopic (exact) mass is 308 g/mol. The number of carbonyl (C=O) groups excluding carboxylic acids is 1. The molecule has 106 valence electrons. The quantitative estimate of drug-likeness (QED) is 0.836. The van der Waals surface area contributed by atoms with Crippen LogP contribution in [0.5, 0.6) is 0 Å². The van der Waals surface area contributed by atoms with Crippen molar-refractivity contribution in [2.75, 3.05) is 18.8 Å². The van der Waals surface area contributed by atoms with E-state index in [0.717, 1.165) is 31.6 Å². The van der Waals surface area contributed by atoms with Crippen molar-refractivity contribution in [2.24, 2.45) is 0 Å². The van der Waals surface area contributed by atoms with Crippen molar-refractivity contribution in [2.45, 2.75) is 17.4 Å². The van der Waals surface area contributed by atoms with Crippen molar-refractivity contribution in [3.63, 3.8) is 0 Å². The van der Waals surface area contributed by atoms with E-state index in [0.29, 0.717) is 4.90 Å². The third-order valence-electron chi connectivity index (χ3n) is 2.69. The van der Waals surface area contributed by atoms with Crippen LogP contribution in [-0.4, -0.2) is 30.8 Å². The van der Waals surface area contributed by atoms with E-state index in [1.807, 2.05) is 0 Å². The molecule has 1 saturated heterocycles. The van der Waals surface area contributed by atoms with Crippen molar-refractivity contribution in [3.8, 4) is 0 Å². The SMILES string of the molecule is Cl.O=C(CSc1ccc(F)c(F)c1)NC1CCNC1. The fourth-order valence-electron chi connectivity index (χ4n) is 1.76. The van der Waals surface area contributed by atoms with Gasteiger partial charge in [-0.1, -0.05) is 0 Å². The lowest BCUT2D eigenvalue weighted by Gasteiger charge is -2.10. The van der Waals surface area contributed by atoms with Crippen LogP contribution in [0.4, 0.5) is 8.78 Å². The average molecular weight is 309 g/mol. The first kappa shape index (κ1) is 16.2. The lowest BCUT2D eigenvalue weighted by molar-refractivity contribution is -0.119. The van der Waals surface area contributed by atoms with Gasteiger partial charge in [-0.15, -0.1) is 24.2 Å². The van der Waals surface area contributed by atoms with Crippen molar-refractivity contribution in [3.05, 3.63) is 29.8 Å². The van der Waals surface area contributed by atoms with Gasteiger partial charge in [0.05, 0.1) is 5.75 Å². The average Bonchev–Trinajstić information content (AvgIpc) is 2.83. The smallest absolute Gasteiger partial charge is 0.230 e. The Balaban J connectivity index is 0.00000180. The maximum Gasteiger partial charge on any atom is 0.230 e. The topological polar surface area (TPSA) is 41.1 Å². The zero-order valence-electron chi connectivity index (χ0n) is 10.1. The Morgan fingerprint density at radius 1 is 1.42 bits per heavy atom. The summed E-state index contributed by atoms with van der Waals surface area (Å²) >= 11 is 1.20. The fourth-order valence-corrected chi connectivity index (χ4v) is 2.49. The van der Waals surface area contributed by atoms with Gasteiger partial charge in [-0.05, 0) is 31.2 Å². The Morgan fingerprint density at radius 3 is 2.84 bits per heavy atom. The van der Waals surface area contributed by atoms with Gasteiger partial charge in [-0.2, -0.15) is 0 Å². The Hall–Kier alpha value is -0.850. The predicted octanol–water partition coefficient (Wildman–Crippen LogP) is 1.96. The zero-order chi connectivity index (χ0) is 13.0. The largest absolute Gasteiger partial charge is 0.351 e. The van der Waals surface area contributed by atoms with E-state index in [9.17, 15) is 13.6 Å². The standard InChI is InChI=1S/C12H14F2N2OS.ClH/c13-10-2-1-9(5-11(10)14)18-7-12(17)16-8-3-4-15-6-8;/h1-2,5,8,15H,3-4,6-7H2,(H,16,17);1H. The summed E-state index contributed by atoms with van der Waals surface area (Å²) in [7, 11) is 0. The number of halogens is 3. The Bertz CT molecular complexity index is 442. The number of nitrogens with one attached hydrogen (secondary N) is 2. The number of hydrogen-bond donors (Lipinski definition) is 2. The number of rotatable bonds is 4. The van der Waals surface area contributed by atoms with Crippen LogP contribution in [-0.2, 0) is 4.79 Å². The Kier molecular flexibility index (Phi) is 6.54. The molecule has 1 unspecified atom stereocenters. The minimum absolute atomic E-state index is 0. The third kappa shape index (κ3) is 4.97. The maximum atomic E-state index is 12.9. The molecule has 0 aliphatic carbocycles. The maximum absolute atomic E-state index is 12.9. The number of amides is 1. The molecule has 0 saturated carbocycles. The summed E-state index contributed by atoms with van der Waals surface area (Å²) in [4.78, 5) is 12.1. The van der Waals surface area contributed by atoms with Gasteiger partial charge in [-0.25, -0.2) is 8.78 Å². The number of thioether (sulfide) groups is 1. The van der Waals surface area contributed by atoms with Crippen LogP contribution >= 0.6 is 24.2 Å². The summed E-state index contributed by atoms with van der Waals surface area (Å²) in [5.41, 5.74) is 0. The molecular weight excluding hydrogens is 294 g/mol. The van der Waals surface area contributed by atoms with E-state index in [4.69, 9.17) is 0 Å². The molecule has 1 fully saturated rings. The molecule has 0 bridgehead atoms. The van der Waals surface area contributed by atoms with Crippen molar-refractivity contribution < 1.29 is 13.6 Å². The van der Waals surface area contributed by atoms with E-state index in [1.54, 1.807) is 0 Å². The molecule has 2 rings (SSSR count). The van der Waals surface area contributed by atoms with Gasteiger partial charge in [-0.3, -0.25) is 4.79 Å². The van der Waals surface area contributed by atoms with Gasteiger partial charge >= 0.3 is 0 Å². The zero-order valence-corrected chi connectivity index (χ0v) is 11.8. The molecule has 1 aliphatic rings. The van der Waals surface area contributed by atoms with E-state index >= 15 is 0 Å². The second kappa shape index (κ2) is 7.67. The van der Waals surface area contributed by atoms with Crippen LogP contribution in [0.3, 0.4) is 0 Å². The third-order valence-corrected chi connectivity index (χ3v) is 3.68. The molecule has 1 amide bonds. The summed E-state index contributed by atoms with van der Waals surface area (Å²) in [5.74, 6) is -1.64.